The van der Waals surface area contributed by atoms with Crippen LogP contribution >= 0.6 is 0 Å². The van der Waals surface area contributed by atoms with Crippen LogP contribution in [0.15, 0.2) is 6.20 Å². The van der Waals surface area contributed by atoms with E-state index in [1.165, 1.54) is 0 Å². The number of nitrogens with one attached hydrogen (secondary N) is 1. The maximum Gasteiger partial charge on any atom is 0.311 e. The molecule has 0 aliphatic heterocycles. The molecule has 4 N–H and O–H groups in total. The maximum atomic E-state index is 10.6. The third kappa shape index (κ3) is 1.17. The van der Waals surface area contributed by atoms with Gasteiger partial charge in [-0.1, -0.05) is 0 Å². The number of aliphatic hydroxyl groups is 1. The van der Waals surface area contributed by atoms with Gasteiger partial charge in [0.1, 0.15) is 11.9 Å². The Bertz CT molecular complexity index is 369. The van der Waals surface area contributed by atoms with Crippen molar-refractivity contribution in [2.75, 3.05) is 0 Å². The average molecular weight is 198 g/mol. The highest BCUT2D eigenvalue weighted by Crippen LogP contribution is 2.41. The predicted octanol–water partition coefficient (Wildman–Crippen LogP) is -0.373. The Morgan fingerprint density at radius 2 is 2.43 bits per heavy atom. The first kappa shape index (κ1) is 9.10. The summed E-state index contributed by atoms with van der Waals surface area (Å²) in [5, 5.41) is 25.8. The average Bonchev–Trinajstić information content (AvgIpc) is 2.48. The number of aromatic amines is 1. The minimum Gasteiger partial charge on any atom is -0.393 e. The van der Waals surface area contributed by atoms with Gasteiger partial charge in [-0.25, -0.2) is 0 Å². The zero-order chi connectivity index (χ0) is 10.3. The van der Waals surface area contributed by atoms with Gasteiger partial charge in [-0.2, -0.15) is 5.10 Å². The fourth-order valence-electron chi connectivity index (χ4n) is 1.77. The second-order valence-corrected chi connectivity index (χ2v) is 3.61. The highest BCUT2D eigenvalue weighted by Gasteiger charge is 2.46. The Labute approximate surface area is 79.1 Å². The first-order chi connectivity index (χ1) is 6.53. The molecule has 0 bridgehead atoms. The second kappa shape index (κ2) is 2.76. The lowest BCUT2D eigenvalue weighted by Crippen LogP contribution is -2.52. The number of nitrogens with two attached hydrogens (primary N) is 1. The molecule has 2 rings (SSSR count). The number of hydrogen-bond donors (Lipinski definition) is 3. The van der Waals surface area contributed by atoms with Crippen molar-refractivity contribution in [2.45, 2.75) is 24.5 Å². The molecule has 1 heterocycles. The Morgan fingerprint density at radius 3 is 2.93 bits per heavy atom. The lowest BCUT2D eigenvalue weighted by molar-refractivity contribution is -0.386. The van der Waals surface area contributed by atoms with E-state index in [2.05, 4.69) is 10.2 Å². The van der Waals surface area contributed by atoms with Gasteiger partial charge in [-0.15, -0.1) is 0 Å². The lowest BCUT2D eigenvalue weighted by atomic mass is 9.72. The molecule has 0 unspecified atom stereocenters. The lowest BCUT2D eigenvalue weighted by Gasteiger charge is -2.40. The van der Waals surface area contributed by atoms with Gasteiger partial charge in [0.05, 0.1) is 16.6 Å². The normalized spacial score (nSPS) is 31.1. The molecule has 76 valence electrons. The van der Waals surface area contributed by atoms with Crippen molar-refractivity contribution < 1.29 is 10.0 Å². The van der Waals surface area contributed by atoms with Crippen LogP contribution in [0.1, 0.15) is 18.5 Å². The van der Waals surface area contributed by atoms with E-state index >= 15 is 0 Å². The van der Waals surface area contributed by atoms with Crippen LogP contribution in [0.2, 0.25) is 0 Å². The number of nitrogens with zero attached hydrogens (tertiary/aromatic N) is 2. The Hall–Kier alpha value is -1.47. The fraction of sp³-hybridized carbons (Fsp3) is 0.571. The zero-order valence-corrected chi connectivity index (χ0v) is 7.30. The van der Waals surface area contributed by atoms with Crippen LogP contribution in [-0.2, 0) is 5.54 Å². The van der Waals surface area contributed by atoms with Crippen LogP contribution in [0.3, 0.4) is 0 Å². The van der Waals surface area contributed by atoms with Gasteiger partial charge >= 0.3 is 5.69 Å². The molecule has 0 spiro atoms. The highest BCUT2D eigenvalue weighted by molar-refractivity contribution is 5.39. The van der Waals surface area contributed by atoms with Crippen LogP contribution in [0, 0.1) is 10.1 Å². The molecule has 1 aliphatic rings. The minimum absolute atomic E-state index is 0.112. The smallest absolute Gasteiger partial charge is 0.311 e. The van der Waals surface area contributed by atoms with E-state index in [-0.39, 0.29) is 5.69 Å². The summed E-state index contributed by atoms with van der Waals surface area (Å²) < 4.78 is 0. The van der Waals surface area contributed by atoms with Crippen LogP contribution in [0.5, 0.6) is 0 Å². The van der Waals surface area contributed by atoms with E-state index in [4.69, 9.17) is 10.8 Å². The van der Waals surface area contributed by atoms with Gasteiger partial charge < -0.3 is 10.8 Å². The topological polar surface area (TPSA) is 118 Å². The summed E-state index contributed by atoms with van der Waals surface area (Å²) >= 11 is 0. The van der Waals surface area contributed by atoms with Crippen molar-refractivity contribution in [3.63, 3.8) is 0 Å². The van der Waals surface area contributed by atoms with Gasteiger partial charge in [0.2, 0.25) is 0 Å². The summed E-state index contributed by atoms with van der Waals surface area (Å²) in [6.07, 6.45) is 1.32. The third-order valence-corrected chi connectivity index (χ3v) is 2.51. The van der Waals surface area contributed by atoms with Gasteiger partial charge in [0.15, 0.2) is 0 Å². The third-order valence-electron chi connectivity index (χ3n) is 2.51. The number of hydrogen-bond acceptors (Lipinski definition) is 5. The number of H-pyrrole nitrogens is 1. The predicted molar refractivity (Wildman–Crippen MR) is 46.3 cm³/mol. The minimum atomic E-state index is -0.821. The molecule has 0 atom stereocenters. The van der Waals surface area contributed by atoms with Crippen molar-refractivity contribution in [2.24, 2.45) is 5.73 Å². The van der Waals surface area contributed by atoms with Crippen molar-refractivity contribution in [3.8, 4) is 0 Å². The number of rotatable bonds is 2. The SMILES string of the molecule is NC1(c2[nH]ncc2[N+](=O)[O-])CC(O)C1. The van der Waals surface area contributed by atoms with Crippen molar-refractivity contribution >= 4 is 5.69 Å². The molecule has 1 aromatic heterocycles. The van der Waals surface area contributed by atoms with Crippen molar-refractivity contribution in [1.82, 2.24) is 10.2 Å². The molecule has 0 aromatic carbocycles. The van der Waals surface area contributed by atoms with Gasteiger partial charge in [-0.3, -0.25) is 15.2 Å². The van der Waals surface area contributed by atoms with Crippen LogP contribution < -0.4 is 5.73 Å². The quantitative estimate of drug-likeness (QED) is 0.442. The molecule has 1 aromatic rings. The molecule has 7 nitrogen and oxygen atoms in total. The molecule has 0 radical (unpaired) electrons. The molecule has 1 aliphatic carbocycles. The summed E-state index contributed by atoms with van der Waals surface area (Å²) in [5.74, 6) is 0. The second-order valence-electron chi connectivity index (χ2n) is 3.61. The molecular weight excluding hydrogens is 188 g/mol. The summed E-state index contributed by atoms with van der Waals surface area (Å²) in [7, 11) is 0. The van der Waals surface area contributed by atoms with Gasteiger partial charge in [0, 0.05) is 0 Å². The number of nitro groups is 1. The molecule has 1 fully saturated rings. The van der Waals surface area contributed by atoms with Crippen molar-refractivity contribution in [1.29, 1.82) is 0 Å². The molecular formula is C7H10N4O3. The molecule has 14 heavy (non-hydrogen) atoms. The van der Waals surface area contributed by atoms with Gasteiger partial charge in [-0.05, 0) is 12.8 Å². The first-order valence-corrected chi connectivity index (χ1v) is 4.18. The Morgan fingerprint density at radius 1 is 1.79 bits per heavy atom. The molecule has 0 saturated heterocycles. The highest BCUT2D eigenvalue weighted by atomic mass is 16.6. The van der Waals surface area contributed by atoms with E-state index in [0.29, 0.717) is 18.5 Å². The maximum absolute atomic E-state index is 10.6. The fourth-order valence-corrected chi connectivity index (χ4v) is 1.77. The zero-order valence-electron chi connectivity index (χ0n) is 7.30. The molecule has 0 amide bonds. The van der Waals surface area contributed by atoms with E-state index in [1.54, 1.807) is 0 Å². The first-order valence-electron chi connectivity index (χ1n) is 4.18. The summed E-state index contributed by atoms with van der Waals surface area (Å²) in [6.45, 7) is 0. The summed E-state index contributed by atoms with van der Waals surface area (Å²) in [5.41, 5.74) is 5.23. The van der Waals surface area contributed by atoms with E-state index in [9.17, 15) is 10.1 Å². The van der Waals surface area contributed by atoms with Crippen LogP contribution in [-0.4, -0.2) is 26.3 Å². The van der Waals surface area contributed by atoms with Crippen LogP contribution in [0.25, 0.3) is 0 Å². The van der Waals surface area contributed by atoms with Crippen LogP contribution in [0.4, 0.5) is 5.69 Å². The molecule has 7 heteroatoms. The largest absolute Gasteiger partial charge is 0.393 e. The summed E-state index contributed by atoms with van der Waals surface area (Å²) in [6, 6.07) is 0. The van der Waals surface area contributed by atoms with E-state index in [0.717, 1.165) is 6.20 Å². The van der Waals surface area contributed by atoms with Crippen molar-refractivity contribution in [3.05, 3.63) is 22.0 Å². The molecule has 1 saturated carbocycles. The summed E-state index contributed by atoms with van der Waals surface area (Å²) in [4.78, 5) is 10.0. The van der Waals surface area contributed by atoms with E-state index < -0.39 is 16.6 Å². The monoisotopic (exact) mass is 198 g/mol. The number of aliphatic hydroxyl groups excluding tert-OH is 1. The standard InChI is InChI=1S/C7H10N4O3/c8-7(1-4(12)2-7)6-5(11(13)14)3-9-10-6/h3-4,12H,1-2,8H2,(H,9,10). The Balaban J connectivity index is 2.33. The van der Waals surface area contributed by atoms with E-state index in [1.807, 2.05) is 0 Å². The number of aromatic nitrogens is 2. The van der Waals surface area contributed by atoms with Gasteiger partial charge in [0.25, 0.3) is 0 Å². The Kier molecular flexibility index (Phi) is 1.79.